The molecule has 0 saturated carbocycles. The maximum absolute atomic E-state index is 6.08. The Bertz CT molecular complexity index is 754. The highest BCUT2D eigenvalue weighted by Crippen LogP contribution is 2.31. The Labute approximate surface area is 164 Å². The van der Waals surface area contributed by atoms with Gasteiger partial charge in [-0.05, 0) is 12.1 Å². The van der Waals surface area contributed by atoms with Gasteiger partial charge >= 0.3 is 0 Å². The fraction of sp³-hybridized carbons (Fsp3) is 0.444. The Hall–Kier alpha value is -1.92. The summed E-state index contributed by atoms with van der Waals surface area (Å²) >= 11 is 12.0. The van der Waals surface area contributed by atoms with Crippen LogP contribution in [0, 0.1) is 0 Å². The molecule has 2 rings (SSSR count). The first-order valence-electron chi connectivity index (χ1n) is 8.27. The second-order valence-electron chi connectivity index (χ2n) is 6.62. The first-order chi connectivity index (χ1) is 12.3. The summed E-state index contributed by atoms with van der Waals surface area (Å²) in [6, 6.07) is 5.28. The average Bonchev–Trinajstić information content (AvgIpc) is 3.07. The number of guanidine groups is 1. The van der Waals surface area contributed by atoms with Crippen molar-refractivity contribution >= 4 is 29.2 Å². The number of hydrogen-bond donors (Lipinski definition) is 2. The van der Waals surface area contributed by atoms with Gasteiger partial charge in [-0.3, -0.25) is 4.99 Å². The predicted molar refractivity (Wildman–Crippen MR) is 105 cm³/mol. The molecule has 0 atom stereocenters. The number of ether oxygens (including phenoxy) is 1. The number of hydrogen-bond acceptors (Lipinski definition) is 4. The van der Waals surface area contributed by atoms with Gasteiger partial charge in [-0.25, -0.2) is 4.98 Å². The number of halogens is 2. The molecule has 8 heteroatoms. The molecule has 0 fully saturated rings. The Morgan fingerprint density at radius 3 is 2.69 bits per heavy atom. The Kier molecular flexibility index (Phi) is 7.17. The van der Waals surface area contributed by atoms with Crippen molar-refractivity contribution in [2.45, 2.75) is 32.7 Å². The summed E-state index contributed by atoms with van der Waals surface area (Å²) in [4.78, 5) is 8.44. The number of nitrogens with one attached hydrogen (secondary N) is 2. The van der Waals surface area contributed by atoms with Crippen molar-refractivity contribution in [3.63, 3.8) is 0 Å². The van der Waals surface area contributed by atoms with E-state index in [1.165, 1.54) is 0 Å². The topological polar surface area (TPSA) is 71.7 Å². The van der Waals surface area contributed by atoms with E-state index in [1.54, 1.807) is 31.4 Å². The van der Waals surface area contributed by atoms with Gasteiger partial charge in [-0.15, -0.1) is 0 Å². The zero-order chi connectivity index (χ0) is 19.2. The van der Waals surface area contributed by atoms with E-state index in [-0.39, 0.29) is 5.41 Å². The normalized spacial score (nSPS) is 12.2. The van der Waals surface area contributed by atoms with E-state index < -0.39 is 0 Å². The lowest BCUT2D eigenvalue weighted by atomic mass is 9.94. The minimum atomic E-state index is -0.0654. The standard InChI is InChI=1S/C18H24Cl2N4O2/c1-18(2,3)14-10-23-15(26-14)11-24-17(21-4)22-8-9-25-13-7-5-6-12(19)16(13)20/h5-7,10H,8-9,11H2,1-4H3,(H2,21,22,24). The van der Waals surface area contributed by atoms with Crippen LogP contribution in [-0.4, -0.2) is 31.1 Å². The number of nitrogens with zero attached hydrogens (tertiary/aromatic N) is 2. The Morgan fingerprint density at radius 1 is 1.27 bits per heavy atom. The summed E-state index contributed by atoms with van der Waals surface area (Å²) in [5, 5.41) is 7.18. The summed E-state index contributed by atoms with van der Waals surface area (Å²) in [7, 11) is 1.69. The van der Waals surface area contributed by atoms with Crippen LogP contribution in [-0.2, 0) is 12.0 Å². The van der Waals surface area contributed by atoms with Crippen molar-refractivity contribution < 1.29 is 9.15 Å². The lowest BCUT2D eigenvalue weighted by molar-refractivity contribution is 0.322. The second-order valence-corrected chi connectivity index (χ2v) is 7.41. The van der Waals surface area contributed by atoms with Crippen LogP contribution in [0.15, 0.2) is 33.8 Å². The molecule has 0 bridgehead atoms. The maximum atomic E-state index is 6.08. The summed E-state index contributed by atoms with van der Waals surface area (Å²) in [5.41, 5.74) is -0.0654. The highest BCUT2D eigenvalue weighted by atomic mass is 35.5. The molecule has 0 aliphatic rings. The summed E-state index contributed by atoms with van der Waals surface area (Å²) in [6.07, 6.45) is 1.76. The van der Waals surface area contributed by atoms with Crippen molar-refractivity contribution in [1.82, 2.24) is 15.6 Å². The van der Waals surface area contributed by atoms with Crippen molar-refractivity contribution in [2.24, 2.45) is 4.99 Å². The Morgan fingerprint density at radius 2 is 2.04 bits per heavy atom. The Balaban J connectivity index is 1.76. The van der Waals surface area contributed by atoms with Crippen LogP contribution in [0.4, 0.5) is 0 Å². The number of oxazole rings is 1. The zero-order valence-electron chi connectivity index (χ0n) is 15.4. The highest BCUT2D eigenvalue weighted by molar-refractivity contribution is 6.42. The molecule has 0 unspecified atom stereocenters. The van der Waals surface area contributed by atoms with E-state index >= 15 is 0 Å². The molecule has 0 radical (unpaired) electrons. The first kappa shape index (κ1) is 20.4. The van der Waals surface area contributed by atoms with Gasteiger partial charge in [0.05, 0.1) is 24.3 Å². The van der Waals surface area contributed by atoms with Gasteiger partial charge in [0.15, 0.2) is 5.96 Å². The molecule has 26 heavy (non-hydrogen) atoms. The van der Waals surface area contributed by atoms with Crippen molar-refractivity contribution in [3.8, 4) is 5.75 Å². The third-order valence-electron chi connectivity index (χ3n) is 3.49. The molecular weight excluding hydrogens is 375 g/mol. The minimum absolute atomic E-state index is 0.0654. The van der Waals surface area contributed by atoms with E-state index in [2.05, 4.69) is 41.4 Å². The van der Waals surface area contributed by atoms with Gasteiger partial charge in [0.1, 0.15) is 23.1 Å². The van der Waals surface area contributed by atoms with Crippen LogP contribution in [0.2, 0.25) is 10.0 Å². The lowest BCUT2D eigenvalue weighted by Crippen LogP contribution is -2.38. The van der Waals surface area contributed by atoms with E-state index in [4.69, 9.17) is 32.4 Å². The lowest BCUT2D eigenvalue weighted by Gasteiger charge is -2.14. The highest BCUT2D eigenvalue weighted by Gasteiger charge is 2.19. The van der Waals surface area contributed by atoms with Crippen LogP contribution in [0.25, 0.3) is 0 Å². The van der Waals surface area contributed by atoms with Gasteiger partial charge < -0.3 is 19.8 Å². The predicted octanol–water partition coefficient (Wildman–Crippen LogP) is 4.02. The third kappa shape index (κ3) is 5.81. The van der Waals surface area contributed by atoms with Crippen LogP contribution < -0.4 is 15.4 Å². The SMILES string of the molecule is CN=C(NCCOc1cccc(Cl)c1Cl)NCc1ncc(C(C)(C)C)o1. The fourth-order valence-corrected chi connectivity index (χ4v) is 2.39. The average molecular weight is 399 g/mol. The smallest absolute Gasteiger partial charge is 0.213 e. The molecule has 0 amide bonds. The van der Waals surface area contributed by atoms with Crippen LogP contribution >= 0.6 is 23.2 Å². The van der Waals surface area contributed by atoms with E-state index in [0.29, 0.717) is 47.3 Å². The van der Waals surface area contributed by atoms with Gasteiger partial charge in [0, 0.05) is 12.5 Å². The van der Waals surface area contributed by atoms with Gasteiger partial charge in [-0.2, -0.15) is 0 Å². The number of aromatic nitrogens is 1. The molecule has 0 spiro atoms. The van der Waals surface area contributed by atoms with Crippen LogP contribution in [0.5, 0.6) is 5.75 Å². The summed E-state index contributed by atoms with van der Waals surface area (Å²) in [6.45, 7) is 7.64. The molecular formula is C18H24Cl2N4O2. The molecule has 1 heterocycles. The minimum Gasteiger partial charge on any atom is -0.490 e. The van der Waals surface area contributed by atoms with E-state index in [0.717, 1.165) is 5.76 Å². The van der Waals surface area contributed by atoms with E-state index in [9.17, 15) is 0 Å². The molecule has 1 aromatic carbocycles. The molecule has 6 nitrogen and oxygen atoms in total. The fourth-order valence-electron chi connectivity index (χ4n) is 2.04. The first-order valence-corrected chi connectivity index (χ1v) is 9.03. The molecule has 0 saturated heterocycles. The van der Waals surface area contributed by atoms with Gasteiger partial charge in [0.2, 0.25) is 5.89 Å². The summed E-state index contributed by atoms with van der Waals surface area (Å²) in [5.74, 6) is 2.64. The number of rotatable bonds is 6. The summed E-state index contributed by atoms with van der Waals surface area (Å²) < 4.78 is 11.4. The zero-order valence-corrected chi connectivity index (χ0v) is 16.9. The molecule has 0 aliphatic carbocycles. The van der Waals surface area contributed by atoms with Crippen molar-refractivity contribution in [3.05, 3.63) is 46.1 Å². The van der Waals surface area contributed by atoms with Crippen molar-refractivity contribution in [2.75, 3.05) is 20.2 Å². The van der Waals surface area contributed by atoms with Gasteiger partial charge in [-0.1, -0.05) is 50.0 Å². The number of benzene rings is 1. The molecule has 2 aromatic rings. The molecule has 142 valence electrons. The van der Waals surface area contributed by atoms with Gasteiger partial charge in [0.25, 0.3) is 0 Å². The van der Waals surface area contributed by atoms with Crippen LogP contribution in [0.1, 0.15) is 32.4 Å². The molecule has 2 N–H and O–H groups in total. The largest absolute Gasteiger partial charge is 0.490 e. The number of aliphatic imine (C=N–C) groups is 1. The molecule has 1 aromatic heterocycles. The molecule has 0 aliphatic heterocycles. The second kappa shape index (κ2) is 9.14. The monoisotopic (exact) mass is 398 g/mol. The van der Waals surface area contributed by atoms with E-state index in [1.807, 2.05) is 0 Å². The van der Waals surface area contributed by atoms with Crippen LogP contribution in [0.3, 0.4) is 0 Å². The third-order valence-corrected chi connectivity index (χ3v) is 4.29. The van der Waals surface area contributed by atoms with Crippen molar-refractivity contribution in [1.29, 1.82) is 0 Å². The maximum Gasteiger partial charge on any atom is 0.213 e. The quantitative estimate of drug-likeness (QED) is 0.436.